The van der Waals surface area contributed by atoms with Crippen molar-refractivity contribution in [1.82, 2.24) is 4.57 Å². The fourth-order valence-corrected chi connectivity index (χ4v) is 3.86. The molecule has 114 valence electrons. The van der Waals surface area contributed by atoms with E-state index in [1.54, 1.807) is 24.3 Å². The Kier molecular flexibility index (Phi) is 2.86. The maximum absolute atomic E-state index is 12.8. The van der Waals surface area contributed by atoms with Crippen LogP contribution in [0.2, 0.25) is 10.0 Å². The van der Waals surface area contributed by atoms with Gasteiger partial charge in [-0.25, -0.2) is 0 Å². The van der Waals surface area contributed by atoms with Crippen molar-refractivity contribution in [3.63, 3.8) is 0 Å². The predicted octanol–water partition coefficient (Wildman–Crippen LogP) is 3.76. The molecule has 0 saturated carbocycles. The average molecular weight is 346 g/mol. The summed E-state index contributed by atoms with van der Waals surface area (Å²) in [6.45, 7) is 0. The number of benzene rings is 2. The smallest absolute Gasteiger partial charge is 0.293 e. The normalized spacial score (nSPS) is 12.6. The Morgan fingerprint density at radius 3 is 2.35 bits per heavy atom. The highest BCUT2D eigenvalue weighted by molar-refractivity contribution is 6.44. The van der Waals surface area contributed by atoms with Gasteiger partial charge in [0.15, 0.2) is 11.5 Å². The molecule has 0 aliphatic heterocycles. The van der Waals surface area contributed by atoms with Crippen molar-refractivity contribution in [1.29, 1.82) is 0 Å². The van der Waals surface area contributed by atoms with Gasteiger partial charge in [-0.1, -0.05) is 47.5 Å². The van der Waals surface area contributed by atoms with E-state index in [9.17, 15) is 14.7 Å². The van der Waals surface area contributed by atoms with Crippen LogP contribution in [0, 0.1) is 0 Å². The second kappa shape index (κ2) is 4.60. The van der Waals surface area contributed by atoms with E-state index < -0.39 is 11.3 Å². The fourth-order valence-electron chi connectivity index (χ4n) is 3.18. The molecule has 1 aromatic heterocycles. The summed E-state index contributed by atoms with van der Waals surface area (Å²) in [5, 5.41) is 11.3. The summed E-state index contributed by atoms with van der Waals surface area (Å²) in [7, 11) is 1.50. The second-order valence-electron chi connectivity index (χ2n) is 5.40. The molecular weight excluding hydrogens is 337 g/mol. The van der Waals surface area contributed by atoms with Crippen molar-refractivity contribution < 1.29 is 9.90 Å². The third-order valence-corrected chi connectivity index (χ3v) is 4.79. The zero-order chi connectivity index (χ0) is 16.5. The van der Waals surface area contributed by atoms with Crippen LogP contribution in [0.3, 0.4) is 0 Å². The third kappa shape index (κ3) is 1.68. The van der Waals surface area contributed by atoms with Gasteiger partial charge in [-0.3, -0.25) is 9.59 Å². The lowest BCUT2D eigenvalue weighted by molar-refractivity contribution is 0.104. The number of aromatic nitrogens is 1. The molecular formula is C17H9Cl2NO3. The van der Waals surface area contributed by atoms with Gasteiger partial charge in [-0.15, -0.1) is 0 Å². The quantitative estimate of drug-likeness (QED) is 0.527. The Balaban J connectivity index is 2.42. The Bertz CT molecular complexity index is 1100. The van der Waals surface area contributed by atoms with E-state index in [4.69, 9.17) is 23.2 Å². The van der Waals surface area contributed by atoms with Crippen molar-refractivity contribution in [3.05, 3.63) is 61.9 Å². The Morgan fingerprint density at radius 2 is 1.65 bits per heavy atom. The molecule has 6 heteroatoms. The van der Waals surface area contributed by atoms with E-state index in [0.717, 1.165) is 0 Å². The number of hydrogen-bond acceptors (Lipinski definition) is 3. The number of fused-ring (bicyclic) bond motifs is 2. The summed E-state index contributed by atoms with van der Waals surface area (Å²) in [6, 6.07) is 8.26. The van der Waals surface area contributed by atoms with Gasteiger partial charge < -0.3 is 9.67 Å². The van der Waals surface area contributed by atoms with Crippen molar-refractivity contribution in [3.8, 4) is 16.9 Å². The summed E-state index contributed by atoms with van der Waals surface area (Å²) in [4.78, 5) is 25.2. The van der Waals surface area contributed by atoms with Crippen LogP contribution < -0.4 is 5.56 Å². The highest BCUT2D eigenvalue weighted by Gasteiger charge is 2.32. The van der Waals surface area contributed by atoms with Gasteiger partial charge in [-0.2, -0.15) is 0 Å². The molecule has 23 heavy (non-hydrogen) atoms. The molecule has 0 bridgehead atoms. The monoisotopic (exact) mass is 345 g/mol. The molecule has 0 amide bonds. The van der Waals surface area contributed by atoms with Crippen LogP contribution in [0.4, 0.5) is 0 Å². The van der Waals surface area contributed by atoms with Crippen LogP contribution in [0.5, 0.6) is 5.75 Å². The van der Waals surface area contributed by atoms with Crippen LogP contribution in [0.1, 0.15) is 15.9 Å². The molecule has 0 unspecified atom stereocenters. The first-order valence-electron chi connectivity index (χ1n) is 6.81. The number of hydrogen-bond donors (Lipinski definition) is 1. The molecule has 4 rings (SSSR count). The van der Waals surface area contributed by atoms with Gasteiger partial charge in [0.1, 0.15) is 0 Å². The molecule has 4 nitrogen and oxygen atoms in total. The van der Waals surface area contributed by atoms with Crippen LogP contribution in [0.25, 0.3) is 22.0 Å². The molecule has 1 aliphatic carbocycles. The van der Waals surface area contributed by atoms with Gasteiger partial charge in [0.25, 0.3) is 5.56 Å². The number of aryl methyl sites for hydroxylation is 1. The zero-order valence-corrected chi connectivity index (χ0v) is 13.4. The van der Waals surface area contributed by atoms with E-state index in [1.165, 1.54) is 17.7 Å². The van der Waals surface area contributed by atoms with Crippen molar-refractivity contribution in [2.75, 3.05) is 0 Å². The summed E-state index contributed by atoms with van der Waals surface area (Å²) in [5.41, 5.74) is 1.26. The van der Waals surface area contributed by atoms with Gasteiger partial charge in [0, 0.05) is 23.6 Å². The maximum Gasteiger partial charge on any atom is 0.293 e. The minimum Gasteiger partial charge on any atom is -0.503 e. The van der Waals surface area contributed by atoms with E-state index in [2.05, 4.69) is 0 Å². The molecule has 1 aliphatic rings. The first-order valence-corrected chi connectivity index (χ1v) is 7.56. The summed E-state index contributed by atoms with van der Waals surface area (Å²) >= 11 is 12.5. The lowest BCUT2D eigenvalue weighted by Crippen LogP contribution is -2.21. The number of nitrogens with zero attached hydrogens (tertiary/aromatic N) is 1. The highest BCUT2D eigenvalue weighted by atomic mass is 35.5. The highest BCUT2D eigenvalue weighted by Crippen LogP contribution is 2.46. The van der Waals surface area contributed by atoms with E-state index in [0.29, 0.717) is 27.6 Å². The predicted molar refractivity (Wildman–Crippen MR) is 89.7 cm³/mol. The summed E-state index contributed by atoms with van der Waals surface area (Å²) in [5.74, 6) is -0.669. The van der Waals surface area contributed by atoms with E-state index >= 15 is 0 Å². The second-order valence-corrected chi connectivity index (χ2v) is 6.22. The molecule has 1 heterocycles. The molecule has 0 fully saturated rings. The van der Waals surface area contributed by atoms with Crippen LogP contribution in [-0.4, -0.2) is 15.5 Å². The Labute approximate surface area is 140 Å². The molecule has 0 saturated heterocycles. The first-order chi connectivity index (χ1) is 10.9. The average Bonchev–Trinajstić information content (AvgIpc) is 2.52. The number of pyridine rings is 1. The molecule has 2 aromatic carbocycles. The van der Waals surface area contributed by atoms with Crippen molar-refractivity contribution in [2.24, 2.45) is 7.05 Å². The number of aromatic hydroxyl groups is 1. The lowest BCUT2D eigenvalue weighted by atomic mass is 9.83. The van der Waals surface area contributed by atoms with Crippen molar-refractivity contribution in [2.45, 2.75) is 0 Å². The molecule has 0 radical (unpaired) electrons. The largest absolute Gasteiger partial charge is 0.503 e. The third-order valence-electron chi connectivity index (χ3n) is 4.20. The van der Waals surface area contributed by atoms with E-state index in [1.807, 2.05) is 0 Å². The number of rotatable bonds is 0. The summed E-state index contributed by atoms with van der Waals surface area (Å²) < 4.78 is 1.23. The van der Waals surface area contributed by atoms with Gasteiger partial charge in [0.05, 0.1) is 21.1 Å². The van der Waals surface area contributed by atoms with Gasteiger partial charge in [0.2, 0.25) is 0 Å². The number of ketones is 1. The summed E-state index contributed by atoms with van der Waals surface area (Å²) in [6.07, 6.45) is 0. The minimum absolute atomic E-state index is 0.196. The van der Waals surface area contributed by atoms with Gasteiger partial charge >= 0.3 is 0 Å². The fraction of sp³-hybridized carbons (Fsp3) is 0.0588. The Morgan fingerprint density at radius 1 is 1.00 bits per heavy atom. The minimum atomic E-state index is -0.577. The van der Waals surface area contributed by atoms with Crippen LogP contribution >= 0.6 is 23.2 Å². The first kappa shape index (κ1) is 14.3. The number of carbonyl (C=O) groups excluding carboxylic acids is 1. The van der Waals surface area contributed by atoms with Crippen LogP contribution in [-0.2, 0) is 7.05 Å². The van der Waals surface area contributed by atoms with E-state index in [-0.39, 0.29) is 21.4 Å². The number of halogens is 2. The van der Waals surface area contributed by atoms with Crippen molar-refractivity contribution >= 4 is 39.9 Å². The number of carbonyl (C=O) groups is 1. The standard InChI is InChI=1S/C17H9Cl2NO3/c1-20-14-10(19)6-9(18)12-13(14)11(16(22)17(20)23)7-4-2-3-5-8(7)15(12)21/h2-6,22H,1H3. The SMILES string of the molecule is Cn1c(=O)c(O)c2c3c(c(Cl)cc(Cl)c31)C(=O)c1ccccc1-2. The zero-order valence-electron chi connectivity index (χ0n) is 11.9. The van der Waals surface area contributed by atoms with Gasteiger partial charge in [-0.05, 0) is 11.6 Å². The molecule has 1 N–H and O–H groups in total. The molecule has 0 spiro atoms. The topological polar surface area (TPSA) is 59.3 Å². The maximum atomic E-state index is 12.8. The molecule has 3 aromatic rings. The lowest BCUT2D eigenvalue weighted by Gasteiger charge is -2.23. The van der Waals surface area contributed by atoms with Crippen LogP contribution in [0.15, 0.2) is 35.1 Å². The molecule has 0 atom stereocenters. The Hall–Kier alpha value is -2.30.